The number of hydrogen-bond acceptors (Lipinski definition) is 4. The standard InChI is InChI=1S/C57H38N4O/c1-5-16-37(17-6-1)41-24-13-25-44(34-41)56-58-55(40-22-11-4-12-23-40)59-57(60-56)46-27-15-29-52-53(46)45-26-14-28-51(54(45)62-52)61-49-32-30-42(38-18-7-2-8-19-38)35-47(49)48-36-43(31-33-50(48)61)39-20-9-3-10-21-39/h1-2,4-9,11-36H,3,10H2. The molecule has 0 saturated carbocycles. The van der Waals surface area contributed by atoms with E-state index in [1.807, 2.05) is 48.5 Å². The lowest BCUT2D eigenvalue weighted by molar-refractivity contribution is 0.666. The number of benzene rings is 8. The molecule has 5 heteroatoms. The van der Waals surface area contributed by atoms with Crippen LogP contribution in [-0.2, 0) is 0 Å². The number of rotatable bonds is 7. The Labute approximate surface area is 358 Å². The fraction of sp³-hybridized carbons (Fsp3) is 0.0351. The van der Waals surface area contributed by atoms with Gasteiger partial charge in [0.1, 0.15) is 5.58 Å². The van der Waals surface area contributed by atoms with E-state index in [1.54, 1.807) is 0 Å². The fourth-order valence-electron chi connectivity index (χ4n) is 9.11. The molecule has 8 aromatic carbocycles. The summed E-state index contributed by atoms with van der Waals surface area (Å²) in [6.45, 7) is 0. The SMILES string of the molecule is C1=CC(c2ccc3c(c2)c2cc(-c4ccccc4)ccc2n3-c2cccc3c2oc2cccc(-c4nc(-c5ccccc5)nc(-c5cccc(-c6ccccc6)c5)n4)c23)=CCC1. The summed E-state index contributed by atoms with van der Waals surface area (Å²) >= 11 is 0. The van der Waals surface area contributed by atoms with Crippen LogP contribution in [0.25, 0.3) is 111 Å². The van der Waals surface area contributed by atoms with Crippen LogP contribution in [0.2, 0.25) is 0 Å². The fourth-order valence-corrected chi connectivity index (χ4v) is 9.11. The van der Waals surface area contributed by atoms with Crippen molar-refractivity contribution in [2.45, 2.75) is 12.8 Å². The molecule has 1 aliphatic carbocycles. The van der Waals surface area contributed by atoms with E-state index in [4.69, 9.17) is 19.4 Å². The number of para-hydroxylation sites is 1. The second-order valence-corrected chi connectivity index (χ2v) is 15.9. The molecule has 62 heavy (non-hydrogen) atoms. The lowest BCUT2D eigenvalue weighted by atomic mass is 9.97. The van der Waals surface area contributed by atoms with Gasteiger partial charge in [0, 0.05) is 38.2 Å². The minimum atomic E-state index is 0.585. The number of nitrogens with zero attached hydrogens (tertiary/aromatic N) is 4. The summed E-state index contributed by atoms with van der Waals surface area (Å²) in [5, 5.41) is 4.35. The molecule has 12 rings (SSSR count). The molecule has 11 aromatic rings. The minimum Gasteiger partial charge on any atom is -0.454 e. The number of fused-ring (bicyclic) bond motifs is 6. The van der Waals surface area contributed by atoms with Crippen molar-refractivity contribution in [1.29, 1.82) is 0 Å². The third-order valence-electron chi connectivity index (χ3n) is 12.1. The molecule has 0 atom stereocenters. The van der Waals surface area contributed by atoms with Crippen molar-refractivity contribution in [3.8, 4) is 62.1 Å². The topological polar surface area (TPSA) is 56.7 Å². The van der Waals surface area contributed by atoms with E-state index in [0.29, 0.717) is 17.5 Å². The number of aromatic nitrogens is 4. The van der Waals surface area contributed by atoms with Gasteiger partial charge in [-0.05, 0) is 88.7 Å². The Morgan fingerprint density at radius 2 is 1.00 bits per heavy atom. The van der Waals surface area contributed by atoms with Crippen LogP contribution in [0.5, 0.6) is 0 Å². The van der Waals surface area contributed by atoms with E-state index < -0.39 is 0 Å². The van der Waals surface area contributed by atoms with Gasteiger partial charge in [-0.1, -0.05) is 164 Å². The second kappa shape index (κ2) is 14.8. The molecule has 0 N–H and O–H groups in total. The molecule has 3 aromatic heterocycles. The lowest BCUT2D eigenvalue weighted by Crippen LogP contribution is -2.00. The predicted octanol–water partition coefficient (Wildman–Crippen LogP) is 14.9. The molecule has 0 aliphatic heterocycles. The Bertz CT molecular complexity index is 3560. The first-order chi connectivity index (χ1) is 30.7. The van der Waals surface area contributed by atoms with Gasteiger partial charge in [-0.2, -0.15) is 0 Å². The van der Waals surface area contributed by atoms with Gasteiger partial charge in [-0.15, -0.1) is 0 Å². The summed E-state index contributed by atoms with van der Waals surface area (Å²) < 4.78 is 9.33. The van der Waals surface area contributed by atoms with E-state index in [-0.39, 0.29) is 0 Å². The Morgan fingerprint density at radius 3 is 1.71 bits per heavy atom. The second-order valence-electron chi connectivity index (χ2n) is 15.9. The average molecular weight is 795 g/mol. The first kappa shape index (κ1) is 35.8. The van der Waals surface area contributed by atoms with Gasteiger partial charge in [0.25, 0.3) is 0 Å². The van der Waals surface area contributed by atoms with Crippen LogP contribution in [0.15, 0.2) is 211 Å². The van der Waals surface area contributed by atoms with Crippen molar-refractivity contribution in [3.05, 3.63) is 212 Å². The quantitative estimate of drug-likeness (QED) is 0.161. The van der Waals surface area contributed by atoms with Crippen molar-refractivity contribution in [2.75, 3.05) is 0 Å². The molecule has 0 bridgehead atoms. The number of hydrogen-bond donors (Lipinski definition) is 0. The van der Waals surface area contributed by atoms with Gasteiger partial charge < -0.3 is 8.98 Å². The van der Waals surface area contributed by atoms with Crippen LogP contribution in [0, 0.1) is 0 Å². The van der Waals surface area contributed by atoms with E-state index in [0.717, 1.165) is 79.3 Å². The van der Waals surface area contributed by atoms with Crippen LogP contribution in [0.4, 0.5) is 0 Å². The van der Waals surface area contributed by atoms with Crippen molar-refractivity contribution in [2.24, 2.45) is 0 Å². The van der Waals surface area contributed by atoms with Gasteiger partial charge in [-0.3, -0.25) is 0 Å². The molecule has 3 heterocycles. The minimum absolute atomic E-state index is 0.585. The number of allylic oxidation sites excluding steroid dienone is 4. The zero-order valence-electron chi connectivity index (χ0n) is 33.7. The maximum atomic E-state index is 6.96. The Hall–Kier alpha value is -8.15. The smallest absolute Gasteiger partial charge is 0.164 e. The largest absolute Gasteiger partial charge is 0.454 e. The van der Waals surface area contributed by atoms with Crippen LogP contribution in [-0.4, -0.2) is 19.5 Å². The normalized spacial score (nSPS) is 12.7. The van der Waals surface area contributed by atoms with Crippen LogP contribution >= 0.6 is 0 Å². The highest BCUT2D eigenvalue weighted by Gasteiger charge is 2.22. The van der Waals surface area contributed by atoms with E-state index in [1.165, 1.54) is 33.0 Å². The predicted molar refractivity (Wildman–Crippen MR) is 255 cm³/mol. The summed E-state index contributed by atoms with van der Waals surface area (Å²) in [6, 6.07) is 65.9. The Balaban J connectivity index is 1.06. The van der Waals surface area contributed by atoms with E-state index in [2.05, 4.69) is 162 Å². The highest BCUT2D eigenvalue weighted by Crippen LogP contribution is 2.43. The van der Waals surface area contributed by atoms with Crippen molar-refractivity contribution >= 4 is 49.3 Å². The summed E-state index contributed by atoms with van der Waals surface area (Å²) in [6.07, 6.45) is 9.02. The molecule has 0 saturated heterocycles. The average Bonchev–Trinajstić information content (AvgIpc) is 3.90. The third-order valence-corrected chi connectivity index (χ3v) is 12.1. The molecular formula is C57H38N4O. The molecule has 0 spiro atoms. The van der Waals surface area contributed by atoms with E-state index in [9.17, 15) is 0 Å². The summed E-state index contributed by atoms with van der Waals surface area (Å²) in [5.74, 6) is 1.80. The van der Waals surface area contributed by atoms with Crippen LogP contribution in [0.1, 0.15) is 18.4 Å². The number of furan rings is 1. The lowest BCUT2D eigenvalue weighted by Gasteiger charge is -2.11. The van der Waals surface area contributed by atoms with Crippen LogP contribution in [0.3, 0.4) is 0 Å². The molecule has 0 fully saturated rings. The zero-order valence-corrected chi connectivity index (χ0v) is 33.7. The van der Waals surface area contributed by atoms with Gasteiger partial charge in [0.15, 0.2) is 23.1 Å². The van der Waals surface area contributed by atoms with Gasteiger partial charge in [0.2, 0.25) is 0 Å². The Kier molecular flexibility index (Phi) is 8.56. The van der Waals surface area contributed by atoms with Crippen molar-refractivity contribution in [1.82, 2.24) is 19.5 Å². The van der Waals surface area contributed by atoms with Gasteiger partial charge in [0.05, 0.1) is 16.7 Å². The van der Waals surface area contributed by atoms with Crippen molar-refractivity contribution < 1.29 is 4.42 Å². The molecule has 292 valence electrons. The highest BCUT2D eigenvalue weighted by molar-refractivity contribution is 6.16. The van der Waals surface area contributed by atoms with Gasteiger partial charge >= 0.3 is 0 Å². The molecule has 1 aliphatic rings. The molecule has 0 radical (unpaired) electrons. The maximum absolute atomic E-state index is 6.96. The summed E-state index contributed by atoms with van der Waals surface area (Å²) in [7, 11) is 0. The third kappa shape index (κ3) is 6.13. The first-order valence-corrected chi connectivity index (χ1v) is 21.2. The molecule has 0 unspecified atom stereocenters. The zero-order chi connectivity index (χ0) is 41.0. The Morgan fingerprint density at radius 1 is 0.419 bits per heavy atom. The summed E-state index contributed by atoms with van der Waals surface area (Å²) in [5.41, 5.74) is 14.6. The summed E-state index contributed by atoms with van der Waals surface area (Å²) in [4.78, 5) is 15.5. The molecule has 5 nitrogen and oxygen atoms in total. The van der Waals surface area contributed by atoms with Gasteiger partial charge in [-0.25, -0.2) is 15.0 Å². The van der Waals surface area contributed by atoms with Crippen molar-refractivity contribution in [3.63, 3.8) is 0 Å². The van der Waals surface area contributed by atoms with Crippen LogP contribution < -0.4 is 0 Å². The first-order valence-electron chi connectivity index (χ1n) is 21.2. The maximum Gasteiger partial charge on any atom is 0.164 e. The highest BCUT2D eigenvalue weighted by atomic mass is 16.3. The van der Waals surface area contributed by atoms with E-state index >= 15 is 0 Å². The molecular weight excluding hydrogens is 757 g/mol. The monoisotopic (exact) mass is 794 g/mol. The molecule has 0 amide bonds.